The summed E-state index contributed by atoms with van der Waals surface area (Å²) in [4.78, 5) is 15.9. The molecule has 0 unspecified atom stereocenters. The van der Waals surface area contributed by atoms with Gasteiger partial charge in [0.1, 0.15) is 5.75 Å². The van der Waals surface area contributed by atoms with E-state index >= 15 is 0 Å². The molecule has 0 saturated heterocycles. The fourth-order valence-electron chi connectivity index (χ4n) is 2.13. The molecule has 0 spiro atoms. The SMILES string of the molecule is CCNC(=O)c1ccc(NCc2cncc(OC)c2C)cc1. The zero-order chi connectivity index (χ0) is 15.9. The van der Waals surface area contributed by atoms with Crippen molar-refractivity contribution < 1.29 is 9.53 Å². The molecule has 2 N–H and O–H groups in total. The molecule has 1 aromatic heterocycles. The predicted molar refractivity (Wildman–Crippen MR) is 87.3 cm³/mol. The second-order valence-corrected chi connectivity index (χ2v) is 4.92. The summed E-state index contributed by atoms with van der Waals surface area (Å²) < 4.78 is 5.27. The maximum absolute atomic E-state index is 11.7. The first-order chi connectivity index (χ1) is 10.7. The van der Waals surface area contributed by atoms with Crippen LogP contribution in [0.2, 0.25) is 0 Å². The number of methoxy groups -OCH3 is 1. The highest BCUT2D eigenvalue weighted by molar-refractivity contribution is 5.94. The van der Waals surface area contributed by atoms with Crippen LogP contribution in [0.4, 0.5) is 5.69 Å². The summed E-state index contributed by atoms with van der Waals surface area (Å²) in [6.45, 7) is 5.19. The van der Waals surface area contributed by atoms with Crippen LogP contribution in [0.15, 0.2) is 36.7 Å². The number of nitrogens with one attached hydrogen (secondary N) is 2. The molecule has 0 atom stereocenters. The number of anilines is 1. The molecule has 1 aromatic carbocycles. The fraction of sp³-hybridized carbons (Fsp3) is 0.294. The van der Waals surface area contributed by atoms with Gasteiger partial charge >= 0.3 is 0 Å². The van der Waals surface area contributed by atoms with E-state index in [1.807, 2.05) is 44.3 Å². The first-order valence-electron chi connectivity index (χ1n) is 7.25. The topological polar surface area (TPSA) is 63.2 Å². The Balaban J connectivity index is 2.02. The Morgan fingerprint density at radius 3 is 2.59 bits per heavy atom. The number of carbonyl (C=O) groups is 1. The van der Waals surface area contributed by atoms with E-state index in [0.29, 0.717) is 18.7 Å². The van der Waals surface area contributed by atoms with Gasteiger partial charge in [-0.3, -0.25) is 9.78 Å². The molecule has 0 radical (unpaired) electrons. The lowest BCUT2D eigenvalue weighted by molar-refractivity contribution is 0.0956. The van der Waals surface area contributed by atoms with Crippen LogP contribution in [-0.4, -0.2) is 24.5 Å². The van der Waals surface area contributed by atoms with Gasteiger partial charge in [0.15, 0.2) is 0 Å². The smallest absolute Gasteiger partial charge is 0.251 e. The zero-order valence-electron chi connectivity index (χ0n) is 13.1. The molecule has 0 aliphatic carbocycles. The molecule has 0 saturated carbocycles. The summed E-state index contributed by atoms with van der Waals surface area (Å²) >= 11 is 0. The number of carbonyl (C=O) groups excluding carboxylic acids is 1. The number of nitrogens with zero attached hydrogens (tertiary/aromatic N) is 1. The van der Waals surface area contributed by atoms with Gasteiger partial charge in [0, 0.05) is 30.5 Å². The van der Waals surface area contributed by atoms with Crippen molar-refractivity contribution in [3.05, 3.63) is 53.3 Å². The average molecular weight is 299 g/mol. The number of rotatable bonds is 6. The Kier molecular flexibility index (Phi) is 5.36. The summed E-state index contributed by atoms with van der Waals surface area (Å²) in [5, 5.41) is 6.10. The minimum Gasteiger partial charge on any atom is -0.495 e. The van der Waals surface area contributed by atoms with Gasteiger partial charge in [-0.15, -0.1) is 0 Å². The van der Waals surface area contributed by atoms with Crippen molar-refractivity contribution in [2.45, 2.75) is 20.4 Å². The Morgan fingerprint density at radius 2 is 1.95 bits per heavy atom. The summed E-state index contributed by atoms with van der Waals surface area (Å²) in [6, 6.07) is 7.41. The van der Waals surface area contributed by atoms with Crippen LogP contribution in [0.5, 0.6) is 5.75 Å². The number of hydrogen-bond acceptors (Lipinski definition) is 4. The number of aromatic nitrogens is 1. The molecule has 5 nitrogen and oxygen atoms in total. The van der Waals surface area contributed by atoms with Gasteiger partial charge in [-0.1, -0.05) is 0 Å². The molecule has 0 aliphatic rings. The maximum atomic E-state index is 11.7. The van der Waals surface area contributed by atoms with Crippen LogP contribution >= 0.6 is 0 Å². The number of benzene rings is 1. The summed E-state index contributed by atoms with van der Waals surface area (Å²) in [5.74, 6) is 0.729. The lowest BCUT2D eigenvalue weighted by atomic mass is 10.1. The number of hydrogen-bond donors (Lipinski definition) is 2. The van der Waals surface area contributed by atoms with Gasteiger partial charge in [-0.25, -0.2) is 0 Å². The maximum Gasteiger partial charge on any atom is 0.251 e. The second-order valence-electron chi connectivity index (χ2n) is 4.92. The van der Waals surface area contributed by atoms with E-state index in [-0.39, 0.29) is 5.91 Å². The monoisotopic (exact) mass is 299 g/mol. The van der Waals surface area contributed by atoms with Crippen molar-refractivity contribution in [2.75, 3.05) is 19.0 Å². The van der Waals surface area contributed by atoms with Gasteiger partial charge in [0.25, 0.3) is 5.91 Å². The molecule has 1 heterocycles. The van der Waals surface area contributed by atoms with E-state index in [1.165, 1.54) is 0 Å². The van der Waals surface area contributed by atoms with Gasteiger partial charge < -0.3 is 15.4 Å². The van der Waals surface area contributed by atoms with Crippen molar-refractivity contribution >= 4 is 11.6 Å². The van der Waals surface area contributed by atoms with Crippen LogP contribution in [0.3, 0.4) is 0 Å². The highest BCUT2D eigenvalue weighted by Gasteiger charge is 2.06. The highest BCUT2D eigenvalue weighted by atomic mass is 16.5. The van der Waals surface area contributed by atoms with Crippen molar-refractivity contribution in [3.8, 4) is 5.75 Å². The Bertz CT molecular complexity index is 639. The molecule has 2 rings (SSSR count). The van der Waals surface area contributed by atoms with E-state index in [2.05, 4.69) is 15.6 Å². The number of amides is 1. The minimum atomic E-state index is -0.0538. The number of ether oxygens (including phenoxy) is 1. The molecule has 2 aromatic rings. The summed E-state index contributed by atoms with van der Waals surface area (Å²) in [6.07, 6.45) is 3.54. The van der Waals surface area contributed by atoms with E-state index in [0.717, 1.165) is 22.6 Å². The summed E-state index contributed by atoms with van der Waals surface area (Å²) in [5.41, 5.74) is 3.76. The van der Waals surface area contributed by atoms with Gasteiger partial charge in [-0.05, 0) is 49.2 Å². The van der Waals surface area contributed by atoms with Gasteiger partial charge in [0.05, 0.1) is 13.3 Å². The van der Waals surface area contributed by atoms with Crippen LogP contribution in [0, 0.1) is 6.92 Å². The highest BCUT2D eigenvalue weighted by Crippen LogP contribution is 2.20. The Morgan fingerprint density at radius 1 is 1.23 bits per heavy atom. The van der Waals surface area contributed by atoms with E-state index < -0.39 is 0 Å². The lowest BCUT2D eigenvalue weighted by Gasteiger charge is -2.11. The van der Waals surface area contributed by atoms with Crippen molar-refractivity contribution in [2.24, 2.45) is 0 Å². The molecule has 116 valence electrons. The first-order valence-corrected chi connectivity index (χ1v) is 7.25. The van der Waals surface area contributed by atoms with Crippen LogP contribution in [-0.2, 0) is 6.54 Å². The average Bonchev–Trinajstić information content (AvgIpc) is 2.54. The molecule has 5 heteroatoms. The van der Waals surface area contributed by atoms with Crippen LogP contribution < -0.4 is 15.4 Å². The number of pyridine rings is 1. The summed E-state index contributed by atoms with van der Waals surface area (Å²) in [7, 11) is 1.64. The van der Waals surface area contributed by atoms with E-state index in [9.17, 15) is 4.79 Å². The molecule has 0 aliphatic heterocycles. The zero-order valence-corrected chi connectivity index (χ0v) is 13.1. The lowest BCUT2D eigenvalue weighted by Crippen LogP contribution is -2.22. The standard InChI is InChI=1S/C17H21N3O2/c1-4-19-17(21)13-5-7-15(8-6-13)20-10-14-9-18-11-16(22-3)12(14)2/h5-9,11,20H,4,10H2,1-3H3,(H,19,21). The molecule has 1 amide bonds. The van der Waals surface area contributed by atoms with Crippen molar-refractivity contribution in [1.82, 2.24) is 10.3 Å². The predicted octanol–water partition coefficient (Wildman–Crippen LogP) is 2.76. The minimum absolute atomic E-state index is 0.0538. The van der Waals surface area contributed by atoms with Crippen LogP contribution in [0.25, 0.3) is 0 Å². The molecule has 0 bridgehead atoms. The molecular weight excluding hydrogens is 278 g/mol. The quantitative estimate of drug-likeness (QED) is 0.861. The largest absolute Gasteiger partial charge is 0.495 e. The van der Waals surface area contributed by atoms with Gasteiger partial charge in [0.2, 0.25) is 0 Å². The van der Waals surface area contributed by atoms with E-state index in [4.69, 9.17) is 4.74 Å². The third-order valence-corrected chi connectivity index (χ3v) is 3.46. The molecule has 22 heavy (non-hydrogen) atoms. The van der Waals surface area contributed by atoms with Gasteiger partial charge in [-0.2, -0.15) is 0 Å². The van der Waals surface area contributed by atoms with Crippen molar-refractivity contribution in [1.29, 1.82) is 0 Å². The second kappa shape index (κ2) is 7.45. The third-order valence-electron chi connectivity index (χ3n) is 3.46. The van der Waals surface area contributed by atoms with E-state index in [1.54, 1.807) is 13.3 Å². The fourth-order valence-corrected chi connectivity index (χ4v) is 2.13. The molecular formula is C17H21N3O2. The third kappa shape index (κ3) is 3.75. The normalized spacial score (nSPS) is 10.1. The van der Waals surface area contributed by atoms with Crippen LogP contribution in [0.1, 0.15) is 28.4 Å². The first kappa shape index (κ1) is 15.8. The van der Waals surface area contributed by atoms with Crippen molar-refractivity contribution in [3.63, 3.8) is 0 Å². The molecule has 0 fully saturated rings. The Hall–Kier alpha value is -2.56. The Labute approximate surface area is 130 Å².